The van der Waals surface area contributed by atoms with Gasteiger partial charge in [0.1, 0.15) is 18.2 Å². The minimum absolute atomic E-state index is 0.274. The van der Waals surface area contributed by atoms with Crippen LogP contribution in [0.5, 0.6) is 5.75 Å². The molecule has 0 aliphatic heterocycles. The molecule has 0 unspecified atom stereocenters. The van der Waals surface area contributed by atoms with E-state index in [2.05, 4.69) is 4.98 Å². The second kappa shape index (κ2) is 6.12. The topological polar surface area (TPSA) is 48.1 Å². The van der Waals surface area contributed by atoms with Gasteiger partial charge in [-0.15, -0.1) is 0 Å². The Kier molecular flexibility index (Phi) is 4.25. The number of aromatic nitrogens is 1. The van der Waals surface area contributed by atoms with E-state index in [1.54, 1.807) is 12.3 Å². The molecule has 18 heavy (non-hydrogen) atoms. The van der Waals surface area contributed by atoms with Crippen molar-refractivity contribution in [2.45, 2.75) is 13.0 Å². The molecule has 0 amide bonds. The molecule has 0 aliphatic rings. The van der Waals surface area contributed by atoms with Crippen molar-refractivity contribution < 1.29 is 9.13 Å². The Morgan fingerprint density at radius 2 is 2.11 bits per heavy atom. The molecule has 4 heteroatoms. The first-order valence-corrected chi connectivity index (χ1v) is 5.81. The van der Waals surface area contributed by atoms with Crippen molar-refractivity contribution in [1.29, 1.82) is 0 Å². The lowest BCUT2D eigenvalue weighted by Crippen LogP contribution is -2.06. The Bertz CT molecular complexity index is 502. The zero-order valence-corrected chi connectivity index (χ0v) is 9.97. The Balaban J connectivity index is 2.09. The van der Waals surface area contributed by atoms with Crippen LogP contribution in [0.1, 0.15) is 11.3 Å². The van der Waals surface area contributed by atoms with Crippen LogP contribution in [0.15, 0.2) is 42.6 Å². The van der Waals surface area contributed by atoms with Crippen molar-refractivity contribution in [1.82, 2.24) is 4.98 Å². The molecule has 2 aromatic rings. The molecule has 0 radical (unpaired) electrons. The maximum atomic E-state index is 13.1. The quantitative estimate of drug-likeness (QED) is 0.880. The first kappa shape index (κ1) is 12.5. The highest BCUT2D eigenvalue weighted by atomic mass is 19.1. The number of pyridine rings is 1. The molecule has 0 fully saturated rings. The third kappa shape index (κ3) is 3.28. The molecule has 3 nitrogen and oxygen atoms in total. The van der Waals surface area contributed by atoms with Crippen LogP contribution in [0.2, 0.25) is 0 Å². The molecule has 1 heterocycles. The predicted octanol–water partition coefficient (Wildman–Crippen LogP) is 2.30. The van der Waals surface area contributed by atoms with Gasteiger partial charge in [-0.05, 0) is 48.9 Å². The van der Waals surface area contributed by atoms with Crippen LogP contribution < -0.4 is 10.5 Å². The smallest absolute Gasteiger partial charge is 0.130 e. The number of halogens is 1. The molecule has 0 aliphatic carbocycles. The van der Waals surface area contributed by atoms with Crippen molar-refractivity contribution in [2.24, 2.45) is 5.73 Å². The van der Waals surface area contributed by atoms with Gasteiger partial charge in [0, 0.05) is 6.20 Å². The van der Waals surface area contributed by atoms with E-state index in [0.717, 1.165) is 11.3 Å². The number of hydrogen-bond acceptors (Lipinski definition) is 3. The van der Waals surface area contributed by atoms with Gasteiger partial charge in [-0.2, -0.15) is 0 Å². The van der Waals surface area contributed by atoms with E-state index in [1.165, 1.54) is 12.1 Å². The summed E-state index contributed by atoms with van der Waals surface area (Å²) in [5.74, 6) is 0.385. The first-order valence-electron chi connectivity index (χ1n) is 5.81. The second-order valence-electron chi connectivity index (χ2n) is 3.90. The van der Waals surface area contributed by atoms with E-state index in [9.17, 15) is 4.39 Å². The molecular weight excluding hydrogens is 231 g/mol. The summed E-state index contributed by atoms with van der Waals surface area (Å²) in [5.41, 5.74) is 7.12. The maximum absolute atomic E-state index is 13.1. The van der Waals surface area contributed by atoms with Crippen LogP contribution in [-0.2, 0) is 13.0 Å². The van der Waals surface area contributed by atoms with Crippen LogP contribution in [0.3, 0.4) is 0 Å². The predicted molar refractivity (Wildman–Crippen MR) is 67.7 cm³/mol. The molecule has 2 rings (SSSR count). The number of ether oxygens (including phenoxy) is 1. The fraction of sp³-hybridized carbons (Fsp3) is 0.214. The van der Waals surface area contributed by atoms with Crippen LogP contribution in [0.4, 0.5) is 4.39 Å². The highest BCUT2D eigenvalue weighted by Gasteiger charge is 2.05. The lowest BCUT2D eigenvalue weighted by molar-refractivity contribution is 0.297. The summed E-state index contributed by atoms with van der Waals surface area (Å²) in [5, 5.41) is 0. The fourth-order valence-electron chi connectivity index (χ4n) is 1.67. The minimum Gasteiger partial charge on any atom is -0.487 e. The van der Waals surface area contributed by atoms with Gasteiger partial charge in [0.25, 0.3) is 0 Å². The minimum atomic E-state index is -0.274. The zero-order chi connectivity index (χ0) is 12.8. The normalized spacial score (nSPS) is 10.3. The zero-order valence-electron chi connectivity index (χ0n) is 9.97. The Hall–Kier alpha value is -1.94. The van der Waals surface area contributed by atoms with Gasteiger partial charge < -0.3 is 10.5 Å². The van der Waals surface area contributed by atoms with E-state index < -0.39 is 0 Å². The third-order valence-corrected chi connectivity index (χ3v) is 2.54. The van der Waals surface area contributed by atoms with Crippen molar-refractivity contribution in [3.63, 3.8) is 0 Å². The number of benzene rings is 1. The second-order valence-corrected chi connectivity index (χ2v) is 3.90. The maximum Gasteiger partial charge on any atom is 0.130 e. The van der Waals surface area contributed by atoms with Crippen molar-refractivity contribution in [3.8, 4) is 5.75 Å². The van der Waals surface area contributed by atoms with Crippen LogP contribution in [-0.4, -0.2) is 11.5 Å². The summed E-state index contributed by atoms with van der Waals surface area (Å²) in [7, 11) is 0. The summed E-state index contributed by atoms with van der Waals surface area (Å²) in [6.07, 6.45) is 2.31. The standard InChI is InChI=1S/C14H15FN2O/c15-12-4-5-14(11(9-12)6-7-16)18-10-13-3-1-2-8-17-13/h1-5,8-9H,6-7,10,16H2. The van der Waals surface area contributed by atoms with Gasteiger partial charge >= 0.3 is 0 Å². The lowest BCUT2D eigenvalue weighted by Gasteiger charge is -2.10. The van der Waals surface area contributed by atoms with Gasteiger partial charge in [0.2, 0.25) is 0 Å². The molecule has 94 valence electrons. The molecule has 0 spiro atoms. The molecule has 0 bridgehead atoms. The summed E-state index contributed by atoms with van der Waals surface area (Å²) < 4.78 is 18.8. The van der Waals surface area contributed by atoms with Gasteiger partial charge in [-0.25, -0.2) is 4.39 Å². The van der Waals surface area contributed by atoms with Gasteiger partial charge in [0.15, 0.2) is 0 Å². The van der Waals surface area contributed by atoms with E-state index in [-0.39, 0.29) is 5.82 Å². The van der Waals surface area contributed by atoms with E-state index >= 15 is 0 Å². The van der Waals surface area contributed by atoms with Crippen molar-refractivity contribution in [2.75, 3.05) is 6.54 Å². The Morgan fingerprint density at radius 3 is 2.83 bits per heavy atom. The number of hydrogen-bond donors (Lipinski definition) is 1. The van der Waals surface area contributed by atoms with Gasteiger partial charge in [-0.3, -0.25) is 4.98 Å². The number of rotatable bonds is 5. The van der Waals surface area contributed by atoms with Crippen molar-refractivity contribution in [3.05, 3.63) is 59.7 Å². The fourth-order valence-corrected chi connectivity index (χ4v) is 1.67. The number of nitrogens with zero attached hydrogens (tertiary/aromatic N) is 1. The molecule has 1 aromatic heterocycles. The monoisotopic (exact) mass is 246 g/mol. The number of nitrogens with two attached hydrogens (primary N) is 1. The van der Waals surface area contributed by atoms with E-state index in [0.29, 0.717) is 25.3 Å². The van der Waals surface area contributed by atoms with E-state index in [1.807, 2.05) is 18.2 Å². The van der Waals surface area contributed by atoms with Crippen molar-refractivity contribution >= 4 is 0 Å². The average molecular weight is 246 g/mol. The largest absolute Gasteiger partial charge is 0.487 e. The molecule has 0 saturated carbocycles. The Morgan fingerprint density at radius 1 is 1.22 bits per heavy atom. The first-order chi connectivity index (χ1) is 8.79. The molecule has 1 aromatic carbocycles. The summed E-state index contributed by atoms with van der Waals surface area (Å²) >= 11 is 0. The van der Waals surface area contributed by atoms with Crippen LogP contribution in [0, 0.1) is 5.82 Å². The third-order valence-electron chi connectivity index (χ3n) is 2.54. The molecular formula is C14H15FN2O. The molecule has 0 atom stereocenters. The van der Waals surface area contributed by atoms with E-state index in [4.69, 9.17) is 10.5 Å². The van der Waals surface area contributed by atoms with Crippen LogP contribution in [0.25, 0.3) is 0 Å². The summed E-state index contributed by atoms with van der Waals surface area (Å²) in [4.78, 5) is 4.16. The lowest BCUT2D eigenvalue weighted by atomic mass is 10.1. The summed E-state index contributed by atoms with van der Waals surface area (Å²) in [6, 6.07) is 10.1. The van der Waals surface area contributed by atoms with Gasteiger partial charge in [-0.1, -0.05) is 6.07 Å². The Labute approximate surface area is 105 Å². The molecule has 0 saturated heterocycles. The average Bonchev–Trinajstić information content (AvgIpc) is 2.39. The van der Waals surface area contributed by atoms with Crippen LogP contribution >= 0.6 is 0 Å². The highest BCUT2D eigenvalue weighted by molar-refractivity contribution is 5.34. The highest BCUT2D eigenvalue weighted by Crippen LogP contribution is 2.21. The molecule has 2 N–H and O–H groups in total. The SMILES string of the molecule is NCCc1cc(F)ccc1OCc1ccccn1. The summed E-state index contributed by atoms with van der Waals surface area (Å²) in [6.45, 7) is 0.827. The van der Waals surface area contributed by atoms with Gasteiger partial charge in [0.05, 0.1) is 5.69 Å².